The molecule has 82 valence electrons. The fraction of sp³-hybridized carbons (Fsp3) is 0.714. The maximum absolute atomic E-state index is 10.5. The lowest BCUT2D eigenvalue weighted by atomic mass is 10.6. The van der Waals surface area contributed by atoms with Crippen molar-refractivity contribution >= 4 is 6.09 Å². The van der Waals surface area contributed by atoms with Crippen molar-refractivity contribution in [2.45, 2.75) is 20.4 Å². The highest BCUT2D eigenvalue weighted by Gasteiger charge is 1.97. The molecule has 0 saturated carbocycles. The number of rotatable bonds is 3. The monoisotopic (exact) mass is 203 g/mol. The van der Waals surface area contributed by atoms with Crippen molar-refractivity contribution in [1.82, 2.24) is 25.5 Å². The Balaban J connectivity index is 0. The molecule has 0 saturated heterocycles. The number of carbonyl (C=O) groups is 1. The number of nitrogens with one attached hydrogen (secondary N) is 1. The number of carbonyl (C=O) groups excluding carboxylic acids is 1. The summed E-state index contributed by atoms with van der Waals surface area (Å²) in [6.07, 6.45) is 1.02. The molecule has 0 fully saturated rings. The van der Waals surface area contributed by atoms with E-state index in [1.807, 2.05) is 13.8 Å². The molecule has 0 unspecified atom stereocenters. The Morgan fingerprint density at radius 2 is 2.36 bits per heavy atom. The zero-order valence-corrected chi connectivity index (χ0v) is 8.60. The molecule has 7 nitrogen and oxygen atoms in total. The molecule has 0 spiro atoms. The molecular formula is C7H17N5O2. The van der Waals surface area contributed by atoms with Crippen LogP contribution < -0.4 is 5.32 Å². The smallest absolute Gasteiger partial charge is 0.406 e. The van der Waals surface area contributed by atoms with Crippen LogP contribution in [-0.4, -0.2) is 40.0 Å². The third kappa shape index (κ3) is 5.07. The molecule has 1 aromatic rings. The second kappa shape index (κ2) is 7.96. The van der Waals surface area contributed by atoms with Gasteiger partial charge in [-0.1, -0.05) is 13.8 Å². The van der Waals surface area contributed by atoms with E-state index in [4.69, 9.17) is 0 Å². The summed E-state index contributed by atoms with van der Waals surface area (Å²) in [5.74, 6) is 0. The number of methoxy groups -OCH3 is 1. The first-order valence-corrected chi connectivity index (χ1v) is 4.35. The van der Waals surface area contributed by atoms with Gasteiger partial charge in [-0.25, -0.2) is 9.48 Å². The Morgan fingerprint density at radius 1 is 1.64 bits per heavy atom. The number of nitrogens with zero attached hydrogens (tertiary/aromatic N) is 4. The van der Waals surface area contributed by atoms with Gasteiger partial charge in [-0.3, -0.25) is 0 Å². The Morgan fingerprint density at radius 3 is 2.86 bits per heavy atom. The van der Waals surface area contributed by atoms with E-state index in [1.165, 1.54) is 18.1 Å². The maximum atomic E-state index is 10.5. The molecule has 1 heterocycles. The SMILES string of the molecule is CC.COC(=O)NCCn1cnnn1.[HH]. The summed E-state index contributed by atoms with van der Waals surface area (Å²) < 4.78 is 5.87. The van der Waals surface area contributed by atoms with Gasteiger partial charge in [0.05, 0.1) is 13.7 Å². The average Bonchev–Trinajstić information content (AvgIpc) is 2.73. The number of aromatic nitrogens is 4. The van der Waals surface area contributed by atoms with Crippen LogP contribution in [0.15, 0.2) is 6.33 Å². The van der Waals surface area contributed by atoms with Crippen molar-refractivity contribution in [3.63, 3.8) is 0 Å². The third-order valence-corrected chi connectivity index (χ3v) is 1.19. The first-order valence-electron chi connectivity index (χ1n) is 4.35. The third-order valence-electron chi connectivity index (χ3n) is 1.19. The van der Waals surface area contributed by atoms with Crippen molar-refractivity contribution < 1.29 is 11.0 Å². The summed E-state index contributed by atoms with van der Waals surface area (Å²) in [5.41, 5.74) is 0. The number of tetrazole rings is 1. The van der Waals surface area contributed by atoms with Crippen LogP contribution in [0.25, 0.3) is 0 Å². The quantitative estimate of drug-likeness (QED) is 0.764. The molecule has 0 bridgehead atoms. The molecule has 0 aromatic carbocycles. The van der Waals surface area contributed by atoms with Crippen LogP contribution in [0.5, 0.6) is 0 Å². The number of amides is 1. The second-order valence-electron chi connectivity index (χ2n) is 1.99. The van der Waals surface area contributed by atoms with Gasteiger partial charge >= 0.3 is 6.09 Å². The summed E-state index contributed by atoms with van der Waals surface area (Å²) in [6.45, 7) is 4.97. The Labute approximate surface area is 83.9 Å². The Hall–Kier alpha value is -1.66. The molecule has 0 radical (unpaired) electrons. The summed E-state index contributed by atoms with van der Waals surface area (Å²) in [6, 6.07) is 0. The molecule has 1 amide bonds. The predicted octanol–water partition coefficient (Wildman–Crippen LogP) is 0.301. The first-order chi connectivity index (χ1) is 6.83. The van der Waals surface area contributed by atoms with E-state index in [1.54, 1.807) is 0 Å². The van der Waals surface area contributed by atoms with Crippen LogP contribution in [0.3, 0.4) is 0 Å². The highest BCUT2D eigenvalue weighted by molar-refractivity contribution is 5.66. The van der Waals surface area contributed by atoms with Crippen molar-refractivity contribution in [2.75, 3.05) is 13.7 Å². The van der Waals surface area contributed by atoms with Gasteiger partial charge in [0.2, 0.25) is 0 Å². The highest BCUT2D eigenvalue weighted by Crippen LogP contribution is 1.76. The van der Waals surface area contributed by atoms with Gasteiger partial charge in [0, 0.05) is 7.97 Å². The Bertz CT molecular complexity index is 242. The van der Waals surface area contributed by atoms with E-state index in [9.17, 15) is 4.79 Å². The van der Waals surface area contributed by atoms with Gasteiger partial charge in [-0.15, -0.1) is 5.10 Å². The van der Waals surface area contributed by atoms with Gasteiger partial charge in [-0.2, -0.15) is 0 Å². The van der Waals surface area contributed by atoms with Crippen LogP contribution in [0.2, 0.25) is 0 Å². The fourth-order valence-corrected chi connectivity index (χ4v) is 0.627. The van der Waals surface area contributed by atoms with Crippen LogP contribution >= 0.6 is 0 Å². The summed E-state index contributed by atoms with van der Waals surface area (Å²) in [5, 5.41) is 13.0. The van der Waals surface area contributed by atoms with Gasteiger partial charge in [-0.05, 0) is 10.4 Å². The molecule has 0 aliphatic rings. The Kier molecular flexibility index (Phi) is 7.02. The molecular weight excluding hydrogens is 186 g/mol. The van der Waals surface area contributed by atoms with Crippen molar-refractivity contribution in [3.05, 3.63) is 6.33 Å². The van der Waals surface area contributed by atoms with Crippen LogP contribution in [0.4, 0.5) is 4.79 Å². The molecule has 7 heteroatoms. The fourth-order valence-electron chi connectivity index (χ4n) is 0.627. The van der Waals surface area contributed by atoms with E-state index in [0.29, 0.717) is 13.1 Å². The lowest BCUT2D eigenvalue weighted by Crippen LogP contribution is -2.27. The zero-order chi connectivity index (χ0) is 10.8. The number of hydrogen-bond acceptors (Lipinski definition) is 5. The normalized spacial score (nSPS) is 8.50. The summed E-state index contributed by atoms with van der Waals surface area (Å²) in [7, 11) is 1.31. The molecule has 14 heavy (non-hydrogen) atoms. The van der Waals surface area contributed by atoms with E-state index in [2.05, 4.69) is 25.6 Å². The summed E-state index contributed by atoms with van der Waals surface area (Å²) in [4.78, 5) is 10.5. The highest BCUT2D eigenvalue weighted by atomic mass is 16.5. The number of alkyl carbamates (subject to hydrolysis) is 1. The minimum absolute atomic E-state index is 0. The lowest BCUT2D eigenvalue weighted by molar-refractivity contribution is 0.170. The first kappa shape index (κ1) is 12.3. The molecule has 0 aliphatic carbocycles. The minimum atomic E-state index is -0.455. The van der Waals surface area contributed by atoms with E-state index < -0.39 is 6.09 Å². The van der Waals surface area contributed by atoms with Crippen LogP contribution in [0.1, 0.15) is 15.3 Å². The van der Waals surface area contributed by atoms with Gasteiger partial charge in [0.1, 0.15) is 6.33 Å². The standard InChI is InChI=1S/C5H9N5O2.C2H6.H2/c1-12-5(11)6-2-3-10-4-7-8-9-10;1-2;/h4H,2-3H2,1H3,(H,6,11);1-2H3;1H. The van der Waals surface area contributed by atoms with Gasteiger partial charge < -0.3 is 10.1 Å². The van der Waals surface area contributed by atoms with Crippen LogP contribution in [0, 0.1) is 0 Å². The molecule has 1 N–H and O–H groups in total. The number of ether oxygens (including phenoxy) is 1. The van der Waals surface area contributed by atoms with E-state index >= 15 is 0 Å². The maximum Gasteiger partial charge on any atom is 0.406 e. The number of hydrogen-bond donors (Lipinski definition) is 1. The van der Waals surface area contributed by atoms with Crippen LogP contribution in [-0.2, 0) is 11.3 Å². The van der Waals surface area contributed by atoms with E-state index in [0.717, 1.165) is 0 Å². The summed E-state index contributed by atoms with van der Waals surface area (Å²) >= 11 is 0. The molecule has 1 aromatic heterocycles. The average molecular weight is 203 g/mol. The topological polar surface area (TPSA) is 81.9 Å². The minimum Gasteiger partial charge on any atom is -0.453 e. The largest absolute Gasteiger partial charge is 0.453 e. The molecule has 0 atom stereocenters. The molecule has 0 aliphatic heterocycles. The van der Waals surface area contributed by atoms with E-state index in [-0.39, 0.29) is 1.43 Å². The lowest BCUT2D eigenvalue weighted by Gasteiger charge is -2.01. The second-order valence-corrected chi connectivity index (χ2v) is 1.99. The zero-order valence-electron chi connectivity index (χ0n) is 8.60. The van der Waals surface area contributed by atoms with Crippen molar-refractivity contribution in [1.29, 1.82) is 0 Å². The van der Waals surface area contributed by atoms with Crippen molar-refractivity contribution in [2.24, 2.45) is 0 Å². The predicted molar refractivity (Wildman–Crippen MR) is 51.7 cm³/mol. The van der Waals surface area contributed by atoms with Gasteiger partial charge in [0.15, 0.2) is 0 Å². The molecule has 1 rings (SSSR count). The van der Waals surface area contributed by atoms with Gasteiger partial charge in [0.25, 0.3) is 0 Å². The van der Waals surface area contributed by atoms with Crippen molar-refractivity contribution in [3.8, 4) is 0 Å².